The molecule has 1 nitrogen and oxygen atoms in total. The third kappa shape index (κ3) is 2.45. The van der Waals surface area contributed by atoms with Crippen LogP contribution >= 0.6 is 0 Å². The SMILES string of the molecule is c1ccc2c(c1)CC2CNC1CCCC(C2CC2)C1. The number of nitrogens with one attached hydrogen (secondary N) is 1. The highest BCUT2D eigenvalue weighted by Gasteiger charge is 2.35. The Hall–Kier alpha value is -0.820. The Morgan fingerprint density at radius 2 is 1.89 bits per heavy atom. The third-order valence-corrected chi connectivity index (χ3v) is 5.62. The van der Waals surface area contributed by atoms with E-state index in [0.717, 1.165) is 23.8 Å². The van der Waals surface area contributed by atoms with Gasteiger partial charge in [-0.2, -0.15) is 0 Å². The summed E-state index contributed by atoms with van der Waals surface area (Å²) in [7, 11) is 0. The van der Waals surface area contributed by atoms with Gasteiger partial charge in [-0.1, -0.05) is 37.1 Å². The number of benzene rings is 1. The zero-order valence-electron chi connectivity index (χ0n) is 11.8. The molecule has 2 saturated carbocycles. The van der Waals surface area contributed by atoms with E-state index in [9.17, 15) is 0 Å². The first-order valence-electron chi connectivity index (χ1n) is 8.21. The van der Waals surface area contributed by atoms with Crippen LogP contribution in [0.25, 0.3) is 0 Å². The second-order valence-electron chi connectivity index (χ2n) is 6.97. The largest absolute Gasteiger partial charge is 0.313 e. The Labute approximate surface area is 116 Å². The van der Waals surface area contributed by atoms with E-state index in [4.69, 9.17) is 0 Å². The molecule has 1 N–H and O–H groups in total. The summed E-state index contributed by atoms with van der Waals surface area (Å²) in [6, 6.07) is 9.78. The van der Waals surface area contributed by atoms with Crippen molar-refractivity contribution in [3.8, 4) is 0 Å². The molecule has 2 fully saturated rings. The quantitative estimate of drug-likeness (QED) is 0.861. The van der Waals surface area contributed by atoms with Crippen LogP contribution in [-0.2, 0) is 6.42 Å². The molecule has 0 saturated heterocycles. The van der Waals surface area contributed by atoms with Crippen molar-refractivity contribution in [1.82, 2.24) is 5.32 Å². The van der Waals surface area contributed by atoms with E-state index in [0.29, 0.717) is 0 Å². The molecule has 3 unspecified atom stereocenters. The van der Waals surface area contributed by atoms with Crippen molar-refractivity contribution >= 4 is 0 Å². The van der Waals surface area contributed by atoms with E-state index in [2.05, 4.69) is 29.6 Å². The van der Waals surface area contributed by atoms with Gasteiger partial charge in [0.15, 0.2) is 0 Å². The normalized spacial score (nSPS) is 33.6. The molecule has 1 aromatic carbocycles. The molecule has 0 heterocycles. The van der Waals surface area contributed by atoms with Gasteiger partial charge in [0, 0.05) is 18.5 Å². The van der Waals surface area contributed by atoms with Gasteiger partial charge >= 0.3 is 0 Å². The zero-order chi connectivity index (χ0) is 12.7. The van der Waals surface area contributed by atoms with Crippen molar-refractivity contribution in [1.29, 1.82) is 0 Å². The molecule has 0 bridgehead atoms. The summed E-state index contributed by atoms with van der Waals surface area (Å²) in [5.41, 5.74) is 3.18. The highest BCUT2D eigenvalue weighted by molar-refractivity contribution is 5.40. The molecule has 1 heteroatoms. The summed E-state index contributed by atoms with van der Waals surface area (Å²) in [5, 5.41) is 3.88. The van der Waals surface area contributed by atoms with Gasteiger partial charge in [0.1, 0.15) is 0 Å². The highest BCUT2D eigenvalue weighted by atomic mass is 14.9. The maximum absolute atomic E-state index is 3.88. The first-order valence-corrected chi connectivity index (χ1v) is 8.21. The van der Waals surface area contributed by atoms with Crippen molar-refractivity contribution in [3.63, 3.8) is 0 Å². The summed E-state index contributed by atoms with van der Waals surface area (Å²) in [6.07, 6.45) is 10.2. The van der Waals surface area contributed by atoms with E-state index in [1.165, 1.54) is 51.5 Å². The van der Waals surface area contributed by atoms with Crippen LogP contribution in [0.2, 0.25) is 0 Å². The monoisotopic (exact) mass is 255 g/mol. The molecular weight excluding hydrogens is 230 g/mol. The van der Waals surface area contributed by atoms with Gasteiger partial charge < -0.3 is 5.32 Å². The lowest BCUT2D eigenvalue weighted by Crippen LogP contribution is -2.39. The molecule has 102 valence electrons. The van der Waals surface area contributed by atoms with Gasteiger partial charge in [0.25, 0.3) is 0 Å². The van der Waals surface area contributed by atoms with Crippen LogP contribution < -0.4 is 5.32 Å². The van der Waals surface area contributed by atoms with Gasteiger partial charge in [0.2, 0.25) is 0 Å². The lowest BCUT2D eigenvalue weighted by atomic mass is 9.77. The van der Waals surface area contributed by atoms with E-state index >= 15 is 0 Å². The number of fused-ring (bicyclic) bond motifs is 1. The lowest BCUT2D eigenvalue weighted by Gasteiger charge is -2.34. The van der Waals surface area contributed by atoms with Crippen LogP contribution in [0.4, 0.5) is 0 Å². The van der Waals surface area contributed by atoms with Crippen LogP contribution in [0.3, 0.4) is 0 Å². The van der Waals surface area contributed by atoms with Gasteiger partial charge in [-0.3, -0.25) is 0 Å². The van der Waals surface area contributed by atoms with E-state index in [-0.39, 0.29) is 0 Å². The minimum Gasteiger partial charge on any atom is -0.313 e. The predicted molar refractivity (Wildman–Crippen MR) is 79.4 cm³/mol. The number of hydrogen-bond acceptors (Lipinski definition) is 1. The summed E-state index contributed by atoms with van der Waals surface area (Å²) in [6.45, 7) is 1.21. The first kappa shape index (κ1) is 12.0. The van der Waals surface area contributed by atoms with E-state index in [1.54, 1.807) is 11.1 Å². The number of hydrogen-bond donors (Lipinski definition) is 1. The highest BCUT2D eigenvalue weighted by Crippen LogP contribution is 2.44. The Bertz CT molecular complexity index is 449. The van der Waals surface area contributed by atoms with E-state index in [1.807, 2.05) is 0 Å². The van der Waals surface area contributed by atoms with Crippen LogP contribution in [-0.4, -0.2) is 12.6 Å². The Balaban J connectivity index is 1.29. The summed E-state index contributed by atoms with van der Waals surface area (Å²) < 4.78 is 0. The zero-order valence-corrected chi connectivity index (χ0v) is 11.8. The maximum Gasteiger partial charge on any atom is 0.00700 e. The molecule has 3 aliphatic carbocycles. The fourth-order valence-electron chi connectivity index (χ4n) is 4.26. The molecule has 0 spiro atoms. The minimum atomic E-state index is 0.789. The predicted octanol–water partition coefficient (Wildman–Crippen LogP) is 3.88. The maximum atomic E-state index is 3.88. The molecule has 0 radical (unpaired) electrons. The van der Waals surface area contributed by atoms with Crippen LogP contribution in [0.5, 0.6) is 0 Å². The molecule has 0 amide bonds. The van der Waals surface area contributed by atoms with Crippen molar-refractivity contribution in [2.45, 2.75) is 56.9 Å². The third-order valence-electron chi connectivity index (χ3n) is 5.62. The molecule has 3 atom stereocenters. The first-order chi connectivity index (χ1) is 9.40. The fraction of sp³-hybridized carbons (Fsp3) is 0.667. The second-order valence-corrected chi connectivity index (χ2v) is 6.97. The summed E-state index contributed by atoms with van der Waals surface area (Å²) >= 11 is 0. The molecule has 0 aliphatic heterocycles. The van der Waals surface area contributed by atoms with Gasteiger partial charge in [-0.15, -0.1) is 0 Å². The summed E-state index contributed by atoms with van der Waals surface area (Å²) in [4.78, 5) is 0. The fourth-order valence-corrected chi connectivity index (χ4v) is 4.26. The molecule has 0 aromatic heterocycles. The molecular formula is C18H25N. The van der Waals surface area contributed by atoms with Crippen LogP contribution in [0, 0.1) is 11.8 Å². The Morgan fingerprint density at radius 3 is 2.74 bits per heavy atom. The molecule has 4 rings (SSSR count). The van der Waals surface area contributed by atoms with Gasteiger partial charge in [-0.25, -0.2) is 0 Å². The molecule has 1 aromatic rings. The van der Waals surface area contributed by atoms with Gasteiger partial charge in [0.05, 0.1) is 0 Å². The van der Waals surface area contributed by atoms with Crippen molar-refractivity contribution in [2.75, 3.05) is 6.54 Å². The Kier molecular flexibility index (Phi) is 3.11. The van der Waals surface area contributed by atoms with Crippen LogP contribution in [0.1, 0.15) is 55.6 Å². The van der Waals surface area contributed by atoms with Crippen molar-refractivity contribution in [2.24, 2.45) is 11.8 Å². The van der Waals surface area contributed by atoms with Gasteiger partial charge in [-0.05, 0) is 55.1 Å². The minimum absolute atomic E-state index is 0.789. The molecule has 3 aliphatic rings. The average molecular weight is 255 g/mol. The molecule has 19 heavy (non-hydrogen) atoms. The van der Waals surface area contributed by atoms with Crippen LogP contribution in [0.15, 0.2) is 24.3 Å². The Morgan fingerprint density at radius 1 is 1.00 bits per heavy atom. The topological polar surface area (TPSA) is 12.0 Å². The summed E-state index contributed by atoms with van der Waals surface area (Å²) in [5.74, 6) is 2.95. The second kappa shape index (κ2) is 4.94. The average Bonchev–Trinajstić information content (AvgIpc) is 3.25. The number of rotatable bonds is 4. The lowest BCUT2D eigenvalue weighted by molar-refractivity contribution is 0.257. The van der Waals surface area contributed by atoms with Crippen molar-refractivity contribution in [3.05, 3.63) is 35.4 Å². The van der Waals surface area contributed by atoms with E-state index < -0.39 is 0 Å². The standard InChI is InChI=1S/C18H25N/c1-2-7-18-15(4-1)10-16(18)12-19-17-6-3-5-14(11-17)13-8-9-13/h1-2,4,7,13-14,16-17,19H,3,5-6,8-12H2. The smallest absolute Gasteiger partial charge is 0.00700 e. The van der Waals surface area contributed by atoms with Crippen molar-refractivity contribution < 1.29 is 0 Å².